The fourth-order valence-corrected chi connectivity index (χ4v) is 2.64. The molecule has 2 rings (SSSR count). The number of hydrogen-bond donors (Lipinski definition) is 2. The molecule has 2 N–H and O–H groups in total. The molecule has 2 atom stereocenters. The highest BCUT2D eigenvalue weighted by Crippen LogP contribution is 2.42. The van der Waals surface area contributed by atoms with Gasteiger partial charge in [-0.1, -0.05) is 6.07 Å². The fraction of sp³-hybridized carbons (Fsp3) is 0.611. The number of guanidine groups is 1. The number of nitrogens with zero attached hydrogens (tertiary/aromatic N) is 1. The molecule has 1 aromatic carbocycles. The van der Waals surface area contributed by atoms with Crippen LogP contribution in [0.25, 0.3) is 0 Å². The van der Waals surface area contributed by atoms with Crippen molar-refractivity contribution in [3.63, 3.8) is 0 Å². The van der Waals surface area contributed by atoms with E-state index in [1.807, 2.05) is 6.92 Å². The summed E-state index contributed by atoms with van der Waals surface area (Å²) in [6.07, 6.45) is 1.50. The second kappa shape index (κ2) is 10.3. The smallest absolute Gasteiger partial charge is 0.191 e. The standard InChI is InChI=1S/C18H27F2N3O2/c1-3-21-18(22-8-5-9-25-11-10-24-2)23-16-12-13(16)17-14(19)6-4-7-15(17)20/h4,6-7,13,16H,3,5,8-12H2,1-2H3,(H2,21,22,23). The molecule has 1 saturated carbocycles. The van der Waals surface area contributed by atoms with Gasteiger partial charge in [-0.15, -0.1) is 0 Å². The highest BCUT2D eigenvalue weighted by Gasteiger charge is 2.42. The number of nitrogens with one attached hydrogen (secondary N) is 2. The van der Waals surface area contributed by atoms with E-state index in [9.17, 15) is 8.78 Å². The topological polar surface area (TPSA) is 54.9 Å². The van der Waals surface area contributed by atoms with Gasteiger partial charge >= 0.3 is 0 Å². The third kappa shape index (κ3) is 6.25. The summed E-state index contributed by atoms with van der Waals surface area (Å²) in [5, 5.41) is 6.41. The van der Waals surface area contributed by atoms with E-state index in [2.05, 4.69) is 15.6 Å². The minimum atomic E-state index is -0.482. The molecule has 25 heavy (non-hydrogen) atoms. The van der Waals surface area contributed by atoms with E-state index in [4.69, 9.17) is 9.47 Å². The molecule has 1 fully saturated rings. The maximum Gasteiger partial charge on any atom is 0.191 e. The van der Waals surface area contributed by atoms with Crippen molar-refractivity contribution in [1.29, 1.82) is 0 Å². The van der Waals surface area contributed by atoms with Gasteiger partial charge in [0, 0.05) is 44.3 Å². The van der Waals surface area contributed by atoms with Gasteiger partial charge in [-0.2, -0.15) is 0 Å². The number of rotatable bonds is 10. The lowest BCUT2D eigenvalue weighted by molar-refractivity contribution is 0.0702. The van der Waals surface area contributed by atoms with Crippen LogP contribution < -0.4 is 10.6 Å². The molecule has 7 heteroatoms. The Morgan fingerprint density at radius 2 is 2.00 bits per heavy atom. The van der Waals surface area contributed by atoms with Crippen molar-refractivity contribution in [1.82, 2.24) is 10.6 Å². The van der Waals surface area contributed by atoms with Crippen molar-refractivity contribution in [2.75, 3.05) is 40.0 Å². The van der Waals surface area contributed by atoms with Crippen molar-refractivity contribution in [3.8, 4) is 0 Å². The van der Waals surface area contributed by atoms with E-state index in [1.54, 1.807) is 7.11 Å². The molecule has 0 amide bonds. The quantitative estimate of drug-likeness (QED) is 0.385. The molecule has 0 radical (unpaired) electrons. The molecule has 0 saturated heterocycles. The SMILES string of the molecule is CCNC(=NCCCOCCOC)NC1CC1c1c(F)cccc1F. The van der Waals surface area contributed by atoms with Gasteiger partial charge < -0.3 is 20.1 Å². The molecule has 140 valence electrons. The summed E-state index contributed by atoms with van der Waals surface area (Å²) in [5.41, 5.74) is 0.169. The van der Waals surface area contributed by atoms with Crippen LogP contribution in [0.3, 0.4) is 0 Å². The maximum absolute atomic E-state index is 13.8. The lowest BCUT2D eigenvalue weighted by Crippen LogP contribution is -2.39. The van der Waals surface area contributed by atoms with Gasteiger partial charge in [0.25, 0.3) is 0 Å². The van der Waals surface area contributed by atoms with Crippen molar-refractivity contribution >= 4 is 5.96 Å². The van der Waals surface area contributed by atoms with Crippen LogP contribution in [-0.2, 0) is 9.47 Å². The summed E-state index contributed by atoms with van der Waals surface area (Å²) in [7, 11) is 1.64. The molecule has 5 nitrogen and oxygen atoms in total. The molecule has 0 aromatic heterocycles. The second-order valence-corrected chi connectivity index (χ2v) is 5.95. The van der Waals surface area contributed by atoms with Gasteiger partial charge in [0.2, 0.25) is 0 Å². The maximum atomic E-state index is 13.8. The molecule has 1 aliphatic rings. The number of aliphatic imine (C=N–C) groups is 1. The summed E-state index contributed by atoms with van der Waals surface area (Å²) < 4.78 is 38.0. The first-order valence-corrected chi connectivity index (χ1v) is 8.72. The molecule has 0 bridgehead atoms. The van der Waals surface area contributed by atoms with Gasteiger partial charge in [0.15, 0.2) is 5.96 Å². The van der Waals surface area contributed by atoms with Crippen LogP contribution in [0.5, 0.6) is 0 Å². The van der Waals surface area contributed by atoms with Crippen LogP contribution in [0.2, 0.25) is 0 Å². The van der Waals surface area contributed by atoms with E-state index in [0.29, 0.717) is 38.7 Å². The Morgan fingerprint density at radius 1 is 1.24 bits per heavy atom. The first-order valence-electron chi connectivity index (χ1n) is 8.72. The zero-order valence-corrected chi connectivity index (χ0v) is 14.9. The summed E-state index contributed by atoms with van der Waals surface area (Å²) in [6.45, 7) is 5.11. The summed E-state index contributed by atoms with van der Waals surface area (Å²) in [6, 6.07) is 3.99. The van der Waals surface area contributed by atoms with Crippen molar-refractivity contribution in [2.24, 2.45) is 4.99 Å². The fourth-order valence-electron chi connectivity index (χ4n) is 2.64. The third-order valence-electron chi connectivity index (χ3n) is 3.98. The normalized spacial score (nSPS) is 19.8. The Hall–Kier alpha value is -1.73. The molecule has 1 aliphatic carbocycles. The Morgan fingerprint density at radius 3 is 2.68 bits per heavy atom. The van der Waals surface area contributed by atoms with Crippen LogP contribution in [-0.4, -0.2) is 52.0 Å². The van der Waals surface area contributed by atoms with Gasteiger partial charge in [0.1, 0.15) is 11.6 Å². The highest BCUT2D eigenvalue weighted by atomic mass is 19.1. The van der Waals surface area contributed by atoms with Crippen LogP contribution in [0.15, 0.2) is 23.2 Å². The van der Waals surface area contributed by atoms with E-state index >= 15 is 0 Å². The minimum Gasteiger partial charge on any atom is -0.382 e. The number of ether oxygens (including phenoxy) is 2. The van der Waals surface area contributed by atoms with Crippen LogP contribution in [0.4, 0.5) is 8.78 Å². The molecule has 1 aromatic rings. The van der Waals surface area contributed by atoms with Crippen LogP contribution in [0, 0.1) is 11.6 Å². The molecule has 0 aliphatic heterocycles. The van der Waals surface area contributed by atoms with Gasteiger partial charge in [-0.3, -0.25) is 4.99 Å². The van der Waals surface area contributed by atoms with Crippen molar-refractivity contribution < 1.29 is 18.3 Å². The zero-order chi connectivity index (χ0) is 18.1. The lowest BCUT2D eigenvalue weighted by atomic mass is 10.1. The monoisotopic (exact) mass is 355 g/mol. The average Bonchev–Trinajstić information content (AvgIpc) is 3.32. The highest BCUT2D eigenvalue weighted by molar-refractivity contribution is 5.80. The summed E-state index contributed by atoms with van der Waals surface area (Å²) in [5.74, 6) is -0.444. The lowest BCUT2D eigenvalue weighted by Gasteiger charge is -2.12. The van der Waals surface area contributed by atoms with E-state index < -0.39 is 11.6 Å². The van der Waals surface area contributed by atoms with Crippen molar-refractivity contribution in [2.45, 2.75) is 31.7 Å². The predicted molar refractivity (Wildman–Crippen MR) is 93.9 cm³/mol. The van der Waals surface area contributed by atoms with E-state index in [-0.39, 0.29) is 17.5 Å². The van der Waals surface area contributed by atoms with E-state index in [1.165, 1.54) is 18.2 Å². The molecule has 2 unspecified atom stereocenters. The Bertz CT molecular complexity index is 549. The zero-order valence-electron chi connectivity index (χ0n) is 14.9. The second-order valence-electron chi connectivity index (χ2n) is 5.95. The summed E-state index contributed by atoms with van der Waals surface area (Å²) >= 11 is 0. The van der Waals surface area contributed by atoms with E-state index in [0.717, 1.165) is 13.0 Å². The minimum absolute atomic E-state index is 0.00199. The Kier molecular flexibility index (Phi) is 8.08. The first-order chi connectivity index (χ1) is 12.2. The summed E-state index contributed by atoms with van der Waals surface area (Å²) in [4.78, 5) is 4.48. The molecular formula is C18H27F2N3O2. The first kappa shape index (κ1) is 19.6. The number of benzene rings is 1. The van der Waals surface area contributed by atoms with Gasteiger partial charge in [-0.05, 0) is 31.9 Å². The van der Waals surface area contributed by atoms with Crippen LogP contribution >= 0.6 is 0 Å². The predicted octanol–water partition coefficient (Wildman–Crippen LogP) is 2.43. The van der Waals surface area contributed by atoms with Crippen LogP contribution in [0.1, 0.15) is 31.2 Å². The molecular weight excluding hydrogens is 328 g/mol. The largest absolute Gasteiger partial charge is 0.382 e. The number of hydrogen-bond acceptors (Lipinski definition) is 3. The number of halogens is 2. The van der Waals surface area contributed by atoms with Gasteiger partial charge in [0.05, 0.1) is 13.2 Å². The Labute approximate surface area is 147 Å². The van der Waals surface area contributed by atoms with Gasteiger partial charge in [-0.25, -0.2) is 8.78 Å². The molecule has 0 spiro atoms. The number of methoxy groups -OCH3 is 1. The third-order valence-corrected chi connectivity index (χ3v) is 3.98. The van der Waals surface area contributed by atoms with Crippen molar-refractivity contribution in [3.05, 3.63) is 35.4 Å². The Balaban J connectivity index is 1.79. The average molecular weight is 355 g/mol. The molecule has 0 heterocycles.